The van der Waals surface area contributed by atoms with Crippen LogP contribution in [-0.4, -0.2) is 50.8 Å². The molecule has 0 N–H and O–H groups in total. The van der Waals surface area contributed by atoms with Crippen LogP contribution in [0.4, 0.5) is 5.69 Å². The van der Waals surface area contributed by atoms with Gasteiger partial charge in [-0.1, -0.05) is 23.8 Å². The van der Waals surface area contributed by atoms with Crippen molar-refractivity contribution in [3.63, 3.8) is 0 Å². The van der Waals surface area contributed by atoms with E-state index in [2.05, 4.69) is 47.3 Å². The molecular weight excluding hydrogens is 416 g/mol. The molecule has 1 fully saturated rings. The Hall–Kier alpha value is -3.91. The van der Waals surface area contributed by atoms with Crippen molar-refractivity contribution in [1.29, 1.82) is 0 Å². The first-order valence-corrected chi connectivity index (χ1v) is 11.1. The molecule has 0 spiro atoms. The number of pyridine rings is 1. The van der Waals surface area contributed by atoms with Crippen LogP contribution in [0.3, 0.4) is 0 Å². The lowest BCUT2D eigenvalue weighted by atomic mass is 10.1. The molecule has 166 valence electrons. The van der Waals surface area contributed by atoms with Gasteiger partial charge in [0.15, 0.2) is 11.4 Å². The Morgan fingerprint density at radius 3 is 2.73 bits per heavy atom. The molecule has 1 aliphatic rings. The number of anilines is 1. The van der Waals surface area contributed by atoms with Gasteiger partial charge >= 0.3 is 0 Å². The minimum absolute atomic E-state index is 0.556. The van der Waals surface area contributed by atoms with Crippen LogP contribution in [0, 0.1) is 6.92 Å². The van der Waals surface area contributed by atoms with Crippen molar-refractivity contribution in [1.82, 2.24) is 24.5 Å². The second kappa shape index (κ2) is 8.22. The fraction of sp³-hybridized carbons (Fsp3) is 0.240. The van der Waals surface area contributed by atoms with E-state index in [-0.39, 0.29) is 0 Å². The van der Waals surface area contributed by atoms with Crippen molar-refractivity contribution >= 4 is 16.8 Å². The predicted molar refractivity (Wildman–Crippen MR) is 126 cm³/mol. The van der Waals surface area contributed by atoms with Crippen molar-refractivity contribution in [3.05, 3.63) is 78.4 Å². The number of fused-ring (bicyclic) bond motifs is 1. The summed E-state index contributed by atoms with van der Waals surface area (Å²) in [6.45, 7) is 5.65. The molecule has 0 amide bonds. The zero-order valence-electron chi connectivity index (χ0n) is 18.4. The first kappa shape index (κ1) is 19.8. The van der Waals surface area contributed by atoms with Crippen LogP contribution in [0.25, 0.3) is 28.2 Å². The largest absolute Gasteiger partial charge is 0.455 e. The SMILES string of the molecule is Cc1cccc(-c2ccn(-c3cc(N4CCOCC4)c4oc(Cn5cccn5)cc4n3)n2)c1. The monoisotopic (exact) mass is 440 g/mol. The number of rotatable bonds is 5. The normalized spacial score (nSPS) is 14.3. The molecule has 6 rings (SSSR count). The van der Waals surface area contributed by atoms with E-state index in [9.17, 15) is 0 Å². The van der Waals surface area contributed by atoms with E-state index in [1.54, 1.807) is 6.20 Å². The van der Waals surface area contributed by atoms with Gasteiger partial charge in [-0.25, -0.2) is 9.67 Å². The molecule has 8 nitrogen and oxygen atoms in total. The molecule has 0 atom stereocenters. The quantitative estimate of drug-likeness (QED) is 0.410. The number of hydrogen-bond acceptors (Lipinski definition) is 6. The van der Waals surface area contributed by atoms with Crippen LogP contribution in [0.5, 0.6) is 0 Å². The van der Waals surface area contributed by atoms with Gasteiger partial charge < -0.3 is 14.1 Å². The molecule has 0 radical (unpaired) electrons. The highest BCUT2D eigenvalue weighted by Gasteiger charge is 2.20. The molecule has 8 heteroatoms. The third kappa shape index (κ3) is 3.89. The number of furan rings is 1. The average Bonchev–Trinajstić information content (AvgIpc) is 3.60. The number of nitrogens with zero attached hydrogens (tertiary/aromatic N) is 6. The standard InChI is InChI=1S/C25H24N6O2/c1-18-4-2-5-19(14-18)21-6-9-31(28-21)24-16-23(29-10-12-32-13-11-29)25-22(27-24)15-20(33-25)17-30-8-3-7-26-30/h2-9,14-16H,10-13,17H2,1H3. The Labute approximate surface area is 191 Å². The van der Waals surface area contributed by atoms with E-state index in [1.807, 2.05) is 40.0 Å². The number of hydrogen-bond donors (Lipinski definition) is 0. The van der Waals surface area contributed by atoms with Gasteiger partial charge in [0, 0.05) is 49.4 Å². The van der Waals surface area contributed by atoms with Crippen molar-refractivity contribution in [2.45, 2.75) is 13.5 Å². The molecule has 1 saturated heterocycles. The Bertz CT molecular complexity index is 1400. The number of aryl methyl sites for hydroxylation is 1. The summed E-state index contributed by atoms with van der Waals surface area (Å²) in [4.78, 5) is 7.19. The molecule has 1 aliphatic heterocycles. The zero-order valence-corrected chi connectivity index (χ0v) is 18.4. The van der Waals surface area contributed by atoms with Crippen molar-refractivity contribution in [2.24, 2.45) is 0 Å². The minimum Gasteiger partial charge on any atom is -0.455 e. The van der Waals surface area contributed by atoms with Crippen LogP contribution in [0.2, 0.25) is 0 Å². The third-order valence-corrected chi connectivity index (χ3v) is 5.86. The van der Waals surface area contributed by atoms with E-state index in [1.165, 1.54) is 5.56 Å². The summed E-state index contributed by atoms with van der Waals surface area (Å²) in [6, 6.07) is 16.3. The summed E-state index contributed by atoms with van der Waals surface area (Å²) in [6.07, 6.45) is 5.65. The second-order valence-corrected chi connectivity index (χ2v) is 8.24. The van der Waals surface area contributed by atoms with Gasteiger partial charge in [-0.3, -0.25) is 4.68 Å². The van der Waals surface area contributed by atoms with Gasteiger partial charge in [0.25, 0.3) is 0 Å². The molecular formula is C25H24N6O2. The van der Waals surface area contributed by atoms with Crippen LogP contribution in [0.1, 0.15) is 11.3 Å². The molecule has 0 aliphatic carbocycles. The van der Waals surface area contributed by atoms with E-state index in [0.29, 0.717) is 19.8 Å². The molecule has 33 heavy (non-hydrogen) atoms. The smallest absolute Gasteiger partial charge is 0.176 e. The van der Waals surface area contributed by atoms with E-state index >= 15 is 0 Å². The van der Waals surface area contributed by atoms with Gasteiger partial charge in [-0.05, 0) is 25.1 Å². The predicted octanol–water partition coefficient (Wildman–Crippen LogP) is 4.07. The maximum Gasteiger partial charge on any atom is 0.176 e. The van der Waals surface area contributed by atoms with E-state index in [0.717, 1.165) is 52.7 Å². The highest BCUT2D eigenvalue weighted by atomic mass is 16.5. The molecule has 4 aromatic heterocycles. The summed E-state index contributed by atoms with van der Waals surface area (Å²) < 4.78 is 15.5. The Balaban J connectivity index is 1.42. The number of benzene rings is 1. The van der Waals surface area contributed by atoms with Gasteiger partial charge in [0.2, 0.25) is 0 Å². The van der Waals surface area contributed by atoms with Gasteiger partial charge in [-0.2, -0.15) is 10.2 Å². The highest BCUT2D eigenvalue weighted by molar-refractivity contribution is 5.88. The fourth-order valence-corrected chi connectivity index (χ4v) is 4.24. The molecule has 0 unspecified atom stereocenters. The van der Waals surface area contributed by atoms with E-state index in [4.69, 9.17) is 19.2 Å². The first-order chi connectivity index (χ1) is 16.2. The Morgan fingerprint density at radius 2 is 1.91 bits per heavy atom. The summed E-state index contributed by atoms with van der Waals surface area (Å²) >= 11 is 0. The maximum atomic E-state index is 6.27. The lowest BCUT2D eigenvalue weighted by molar-refractivity contribution is 0.122. The van der Waals surface area contributed by atoms with Crippen molar-refractivity contribution in [3.8, 4) is 17.1 Å². The maximum absolute atomic E-state index is 6.27. The summed E-state index contributed by atoms with van der Waals surface area (Å²) in [5.41, 5.74) is 5.82. The first-order valence-electron chi connectivity index (χ1n) is 11.1. The van der Waals surface area contributed by atoms with E-state index < -0.39 is 0 Å². The summed E-state index contributed by atoms with van der Waals surface area (Å²) in [7, 11) is 0. The number of morpholine rings is 1. The molecule has 5 aromatic rings. The Kier molecular flexibility index (Phi) is 4.92. The number of ether oxygens (including phenoxy) is 1. The van der Waals surface area contributed by atoms with Crippen LogP contribution < -0.4 is 4.90 Å². The van der Waals surface area contributed by atoms with Gasteiger partial charge in [-0.15, -0.1) is 0 Å². The number of aromatic nitrogens is 5. The third-order valence-electron chi connectivity index (χ3n) is 5.86. The van der Waals surface area contributed by atoms with Crippen LogP contribution in [-0.2, 0) is 11.3 Å². The molecule has 1 aromatic carbocycles. The lowest BCUT2D eigenvalue weighted by Crippen LogP contribution is -2.36. The fourth-order valence-electron chi connectivity index (χ4n) is 4.24. The Morgan fingerprint density at radius 1 is 1.00 bits per heavy atom. The van der Waals surface area contributed by atoms with Crippen LogP contribution >= 0.6 is 0 Å². The lowest BCUT2D eigenvalue weighted by Gasteiger charge is -2.29. The molecule has 5 heterocycles. The summed E-state index contributed by atoms with van der Waals surface area (Å²) in [5, 5.41) is 9.11. The van der Waals surface area contributed by atoms with Crippen molar-refractivity contribution in [2.75, 3.05) is 31.2 Å². The van der Waals surface area contributed by atoms with Crippen LogP contribution in [0.15, 0.2) is 71.5 Å². The zero-order chi connectivity index (χ0) is 22.2. The van der Waals surface area contributed by atoms with Crippen molar-refractivity contribution < 1.29 is 9.15 Å². The highest BCUT2D eigenvalue weighted by Crippen LogP contribution is 2.32. The second-order valence-electron chi connectivity index (χ2n) is 8.24. The average molecular weight is 441 g/mol. The molecule has 0 saturated carbocycles. The topological polar surface area (TPSA) is 74.1 Å². The minimum atomic E-state index is 0.556. The molecule has 0 bridgehead atoms. The van der Waals surface area contributed by atoms with Gasteiger partial charge in [0.1, 0.15) is 11.3 Å². The summed E-state index contributed by atoms with van der Waals surface area (Å²) in [5.74, 6) is 1.57. The van der Waals surface area contributed by atoms with Gasteiger partial charge in [0.05, 0.1) is 31.1 Å².